The first-order chi connectivity index (χ1) is 9.00. The number of carbonyl (C=O) groups excluding carboxylic acids is 1. The molecule has 0 aromatic rings. The van der Waals surface area contributed by atoms with Crippen molar-refractivity contribution in [2.24, 2.45) is 0 Å². The Morgan fingerprint density at radius 1 is 1.47 bits per heavy atom. The van der Waals surface area contributed by atoms with Crippen molar-refractivity contribution in [1.29, 1.82) is 0 Å². The van der Waals surface area contributed by atoms with Crippen molar-refractivity contribution in [3.05, 3.63) is 0 Å². The highest BCUT2D eigenvalue weighted by Gasteiger charge is 2.40. The van der Waals surface area contributed by atoms with E-state index >= 15 is 0 Å². The van der Waals surface area contributed by atoms with Crippen molar-refractivity contribution in [2.75, 3.05) is 40.3 Å². The molecule has 0 radical (unpaired) electrons. The van der Waals surface area contributed by atoms with Crippen LogP contribution >= 0.6 is 0 Å². The number of hydrogen-bond donors (Lipinski definition) is 1. The number of carbonyl (C=O) groups is 1. The lowest BCUT2D eigenvalue weighted by atomic mass is 9.99. The normalized spacial score (nSPS) is 31.8. The Hall–Kier alpha value is -0.650. The van der Waals surface area contributed by atoms with Gasteiger partial charge in [0, 0.05) is 31.7 Å². The monoisotopic (exact) mass is 269 g/mol. The zero-order chi connectivity index (χ0) is 14.0. The summed E-state index contributed by atoms with van der Waals surface area (Å²) in [5.41, 5.74) is -0.621. The lowest BCUT2D eigenvalue weighted by Crippen LogP contribution is -2.62. The van der Waals surface area contributed by atoms with Gasteiger partial charge in [0.05, 0.1) is 7.11 Å². The second-order valence-electron chi connectivity index (χ2n) is 6.14. The van der Waals surface area contributed by atoms with Gasteiger partial charge in [-0.15, -0.1) is 0 Å². The first-order valence-corrected chi connectivity index (χ1v) is 7.25. The van der Waals surface area contributed by atoms with Crippen LogP contribution in [0.15, 0.2) is 0 Å². The highest BCUT2D eigenvalue weighted by atomic mass is 16.5. The van der Waals surface area contributed by atoms with Gasteiger partial charge in [-0.2, -0.15) is 0 Å². The number of fused-ring (bicyclic) bond motifs is 1. The van der Waals surface area contributed by atoms with Crippen LogP contribution in [-0.4, -0.2) is 73.7 Å². The fourth-order valence-electron chi connectivity index (χ4n) is 3.35. The number of likely N-dealkylation sites (N-methyl/N-ethyl adjacent to an activating group) is 1. The zero-order valence-corrected chi connectivity index (χ0v) is 12.6. The highest BCUT2D eigenvalue weighted by Crippen LogP contribution is 2.25. The summed E-state index contributed by atoms with van der Waals surface area (Å²) in [6, 6.07) is 1.17. The van der Waals surface area contributed by atoms with Crippen LogP contribution in [0.3, 0.4) is 0 Å². The van der Waals surface area contributed by atoms with E-state index in [2.05, 4.69) is 22.0 Å². The quantitative estimate of drug-likeness (QED) is 0.744. The van der Waals surface area contributed by atoms with Crippen molar-refractivity contribution in [2.45, 2.75) is 44.3 Å². The standard InChI is InChI=1S/C14H27N3O2/c1-11-8-16-7-5-6-12(16)9-17(11)10-14(2,15-3)13(18)19-4/h11-12,15H,5-10H2,1-4H3. The predicted molar refractivity (Wildman–Crippen MR) is 75.1 cm³/mol. The lowest BCUT2D eigenvalue weighted by Gasteiger charge is -2.45. The van der Waals surface area contributed by atoms with Crippen LogP contribution in [-0.2, 0) is 9.53 Å². The van der Waals surface area contributed by atoms with Gasteiger partial charge in [0.25, 0.3) is 0 Å². The Kier molecular flexibility index (Phi) is 4.48. The number of rotatable bonds is 4. The van der Waals surface area contributed by atoms with Gasteiger partial charge in [0.2, 0.25) is 0 Å². The largest absolute Gasteiger partial charge is 0.468 e. The van der Waals surface area contributed by atoms with E-state index in [0.29, 0.717) is 18.6 Å². The third-order valence-corrected chi connectivity index (χ3v) is 4.77. The molecule has 5 heteroatoms. The van der Waals surface area contributed by atoms with Crippen LogP contribution in [0.4, 0.5) is 0 Å². The minimum absolute atomic E-state index is 0.184. The highest BCUT2D eigenvalue weighted by molar-refractivity contribution is 5.80. The van der Waals surface area contributed by atoms with Crippen LogP contribution in [0.1, 0.15) is 26.7 Å². The summed E-state index contributed by atoms with van der Waals surface area (Å²) in [6.45, 7) is 8.31. The first kappa shape index (κ1) is 14.8. The van der Waals surface area contributed by atoms with Crippen molar-refractivity contribution < 1.29 is 9.53 Å². The van der Waals surface area contributed by atoms with Gasteiger partial charge in [0.15, 0.2) is 0 Å². The summed E-state index contributed by atoms with van der Waals surface area (Å²) < 4.78 is 4.93. The van der Waals surface area contributed by atoms with Gasteiger partial charge in [-0.1, -0.05) is 0 Å². The molecule has 0 aromatic heterocycles. The number of hydrogen-bond acceptors (Lipinski definition) is 5. The topological polar surface area (TPSA) is 44.8 Å². The van der Waals surface area contributed by atoms with Crippen LogP contribution in [0.5, 0.6) is 0 Å². The summed E-state index contributed by atoms with van der Waals surface area (Å²) in [5.74, 6) is -0.184. The molecule has 0 saturated carbocycles. The van der Waals surface area contributed by atoms with Crippen molar-refractivity contribution in [3.63, 3.8) is 0 Å². The number of nitrogens with zero attached hydrogens (tertiary/aromatic N) is 2. The Morgan fingerprint density at radius 2 is 2.21 bits per heavy atom. The van der Waals surface area contributed by atoms with E-state index in [0.717, 1.165) is 13.1 Å². The van der Waals surface area contributed by atoms with E-state index < -0.39 is 5.54 Å². The van der Waals surface area contributed by atoms with Crippen molar-refractivity contribution >= 4 is 5.97 Å². The maximum absolute atomic E-state index is 12.0. The molecule has 2 aliphatic rings. The maximum atomic E-state index is 12.0. The summed E-state index contributed by atoms with van der Waals surface area (Å²) in [5, 5.41) is 3.13. The summed E-state index contributed by atoms with van der Waals surface area (Å²) >= 11 is 0. The van der Waals surface area contributed by atoms with Gasteiger partial charge in [-0.25, -0.2) is 0 Å². The van der Waals surface area contributed by atoms with E-state index in [1.165, 1.54) is 26.5 Å². The summed E-state index contributed by atoms with van der Waals surface area (Å²) in [6.07, 6.45) is 2.60. The number of nitrogens with one attached hydrogen (secondary N) is 1. The molecule has 19 heavy (non-hydrogen) atoms. The van der Waals surface area contributed by atoms with Crippen LogP contribution in [0.25, 0.3) is 0 Å². The molecule has 0 amide bonds. The average Bonchev–Trinajstić information content (AvgIpc) is 2.85. The predicted octanol–water partition coefficient (Wildman–Crippen LogP) is 0.306. The second kappa shape index (κ2) is 5.77. The van der Waals surface area contributed by atoms with Crippen molar-refractivity contribution in [1.82, 2.24) is 15.1 Å². The Balaban J connectivity index is 2.02. The first-order valence-electron chi connectivity index (χ1n) is 7.25. The maximum Gasteiger partial charge on any atom is 0.327 e. The van der Waals surface area contributed by atoms with Gasteiger partial charge < -0.3 is 10.1 Å². The number of methoxy groups -OCH3 is 1. The second-order valence-corrected chi connectivity index (χ2v) is 6.14. The van der Waals surface area contributed by atoms with E-state index in [4.69, 9.17) is 4.74 Å². The molecular formula is C14H27N3O2. The van der Waals surface area contributed by atoms with E-state index in [1.54, 1.807) is 0 Å². The van der Waals surface area contributed by atoms with Crippen LogP contribution in [0.2, 0.25) is 0 Å². The zero-order valence-electron chi connectivity index (χ0n) is 12.6. The van der Waals surface area contributed by atoms with Gasteiger partial charge in [0.1, 0.15) is 5.54 Å². The van der Waals surface area contributed by atoms with E-state index in [9.17, 15) is 4.79 Å². The molecule has 0 bridgehead atoms. The molecule has 5 nitrogen and oxygen atoms in total. The lowest BCUT2D eigenvalue weighted by molar-refractivity contribution is -0.149. The fraction of sp³-hybridized carbons (Fsp3) is 0.929. The minimum atomic E-state index is -0.621. The third-order valence-electron chi connectivity index (χ3n) is 4.77. The molecule has 2 heterocycles. The fourth-order valence-corrected chi connectivity index (χ4v) is 3.35. The van der Waals surface area contributed by atoms with E-state index in [1.807, 2.05) is 14.0 Å². The smallest absolute Gasteiger partial charge is 0.327 e. The molecule has 3 unspecified atom stereocenters. The van der Waals surface area contributed by atoms with Gasteiger partial charge in [-0.3, -0.25) is 14.6 Å². The Labute approximate surface area is 116 Å². The average molecular weight is 269 g/mol. The van der Waals surface area contributed by atoms with Gasteiger partial charge >= 0.3 is 5.97 Å². The molecule has 0 aliphatic carbocycles. The number of ether oxygens (including phenoxy) is 1. The minimum Gasteiger partial charge on any atom is -0.468 e. The molecule has 2 fully saturated rings. The molecule has 1 N–H and O–H groups in total. The third kappa shape index (κ3) is 2.93. The summed E-state index contributed by atoms with van der Waals surface area (Å²) in [4.78, 5) is 17.0. The van der Waals surface area contributed by atoms with Gasteiger partial charge in [-0.05, 0) is 40.3 Å². The van der Waals surface area contributed by atoms with E-state index in [-0.39, 0.29) is 5.97 Å². The summed E-state index contributed by atoms with van der Waals surface area (Å²) in [7, 11) is 3.28. The molecule has 3 atom stereocenters. The number of piperazine rings is 1. The molecule has 2 rings (SSSR count). The van der Waals surface area contributed by atoms with Crippen LogP contribution in [0, 0.1) is 0 Å². The molecule has 2 aliphatic heterocycles. The Morgan fingerprint density at radius 3 is 2.84 bits per heavy atom. The molecule has 110 valence electrons. The number of esters is 1. The van der Waals surface area contributed by atoms with Crippen molar-refractivity contribution in [3.8, 4) is 0 Å². The van der Waals surface area contributed by atoms with Crippen LogP contribution < -0.4 is 5.32 Å². The Bertz CT molecular complexity index is 337. The molecule has 2 saturated heterocycles. The SMILES string of the molecule is CNC(C)(CN1CC2CCCN2CC1C)C(=O)OC. The molecule has 0 spiro atoms. The molecular weight excluding hydrogens is 242 g/mol. The molecule has 0 aromatic carbocycles.